The number of benzene rings is 1. The molecule has 0 radical (unpaired) electrons. The fourth-order valence-electron chi connectivity index (χ4n) is 1.42. The Labute approximate surface area is 101 Å². The number of hydrogen-bond acceptors (Lipinski definition) is 4. The second-order valence-electron chi connectivity index (χ2n) is 3.13. The fourth-order valence-corrected chi connectivity index (χ4v) is 1.78. The number of hydrazine groups is 1. The summed E-state index contributed by atoms with van der Waals surface area (Å²) in [4.78, 5) is 7.09. The van der Waals surface area contributed by atoms with Gasteiger partial charge in [0.2, 0.25) is 5.95 Å². The molecule has 5 nitrogen and oxygen atoms in total. The van der Waals surface area contributed by atoms with Gasteiger partial charge in [-0.25, -0.2) is 10.8 Å². The van der Waals surface area contributed by atoms with E-state index in [1.54, 1.807) is 13.3 Å². The normalized spacial score (nSPS) is 10.2. The first-order chi connectivity index (χ1) is 7.74. The summed E-state index contributed by atoms with van der Waals surface area (Å²) < 4.78 is 6.25. The Morgan fingerprint density at radius 3 is 2.94 bits per heavy atom. The third-order valence-corrected chi connectivity index (χ3v) is 2.66. The highest BCUT2D eigenvalue weighted by Gasteiger charge is 2.09. The molecule has 16 heavy (non-hydrogen) atoms. The van der Waals surface area contributed by atoms with Crippen LogP contribution in [0.1, 0.15) is 0 Å². The minimum Gasteiger partial charge on any atom is -0.496 e. The maximum atomic E-state index is 5.28. The fraction of sp³-hybridized carbons (Fsp3) is 0.100. The number of nitrogens with zero attached hydrogens (tertiary/aromatic N) is 1. The number of H-pyrrole nitrogens is 1. The summed E-state index contributed by atoms with van der Waals surface area (Å²) in [5, 5.41) is 0. The van der Waals surface area contributed by atoms with Crippen LogP contribution in [-0.4, -0.2) is 17.1 Å². The van der Waals surface area contributed by atoms with Gasteiger partial charge in [-0.15, -0.1) is 0 Å². The van der Waals surface area contributed by atoms with Crippen molar-refractivity contribution in [3.05, 3.63) is 28.9 Å². The highest BCUT2D eigenvalue weighted by Crippen LogP contribution is 2.31. The Hall–Kier alpha value is -1.53. The van der Waals surface area contributed by atoms with Crippen molar-refractivity contribution in [1.29, 1.82) is 0 Å². The van der Waals surface area contributed by atoms with Crippen LogP contribution in [0.3, 0.4) is 0 Å². The predicted octanol–water partition coefficient (Wildman–Crippen LogP) is 2.13. The summed E-state index contributed by atoms with van der Waals surface area (Å²) in [6.45, 7) is 0. The lowest BCUT2D eigenvalue weighted by molar-refractivity contribution is 0.416. The molecule has 0 saturated carbocycles. The number of nitrogen functional groups attached to an aromatic ring is 1. The van der Waals surface area contributed by atoms with E-state index < -0.39 is 0 Å². The van der Waals surface area contributed by atoms with E-state index >= 15 is 0 Å². The summed E-state index contributed by atoms with van der Waals surface area (Å²) in [5.41, 5.74) is 4.21. The van der Waals surface area contributed by atoms with Gasteiger partial charge >= 0.3 is 0 Å². The molecule has 0 atom stereocenters. The Balaban J connectivity index is 2.49. The topological polar surface area (TPSA) is 76.0 Å². The van der Waals surface area contributed by atoms with Crippen LogP contribution in [0.15, 0.2) is 28.9 Å². The van der Waals surface area contributed by atoms with Crippen LogP contribution in [0.4, 0.5) is 5.95 Å². The molecule has 1 heterocycles. The lowest BCUT2D eigenvalue weighted by atomic mass is 10.1. The van der Waals surface area contributed by atoms with E-state index in [1.807, 2.05) is 18.2 Å². The first-order valence-electron chi connectivity index (χ1n) is 4.60. The van der Waals surface area contributed by atoms with Crippen molar-refractivity contribution in [2.24, 2.45) is 5.84 Å². The van der Waals surface area contributed by atoms with Gasteiger partial charge in [-0.2, -0.15) is 0 Å². The molecule has 0 aliphatic carbocycles. The summed E-state index contributed by atoms with van der Waals surface area (Å²) in [5.74, 6) is 6.54. The first kappa shape index (κ1) is 11.0. The zero-order chi connectivity index (χ0) is 11.5. The van der Waals surface area contributed by atoms with Crippen molar-refractivity contribution in [3.8, 4) is 17.0 Å². The molecule has 1 aromatic carbocycles. The van der Waals surface area contributed by atoms with Crippen molar-refractivity contribution in [3.63, 3.8) is 0 Å². The number of methoxy groups -OCH3 is 1. The van der Waals surface area contributed by atoms with Gasteiger partial charge in [0.15, 0.2) is 0 Å². The monoisotopic (exact) mass is 282 g/mol. The van der Waals surface area contributed by atoms with Crippen molar-refractivity contribution in [1.82, 2.24) is 9.97 Å². The van der Waals surface area contributed by atoms with Gasteiger partial charge in [-0.05, 0) is 18.2 Å². The number of halogens is 1. The van der Waals surface area contributed by atoms with Crippen molar-refractivity contribution >= 4 is 21.9 Å². The van der Waals surface area contributed by atoms with Gasteiger partial charge in [0.25, 0.3) is 0 Å². The van der Waals surface area contributed by atoms with Gasteiger partial charge in [0, 0.05) is 10.0 Å². The van der Waals surface area contributed by atoms with Crippen molar-refractivity contribution < 1.29 is 4.74 Å². The summed E-state index contributed by atoms with van der Waals surface area (Å²) in [6.07, 6.45) is 1.69. The quantitative estimate of drug-likeness (QED) is 0.596. The largest absolute Gasteiger partial charge is 0.496 e. The molecule has 0 aliphatic heterocycles. The van der Waals surface area contributed by atoms with Gasteiger partial charge in [-0.3, -0.25) is 5.43 Å². The van der Waals surface area contributed by atoms with Gasteiger partial charge in [-0.1, -0.05) is 15.9 Å². The maximum Gasteiger partial charge on any atom is 0.215 e. The van der Waals surface area contributed by atoms with E-state index in [9.17, 15) is 0 Å². The van der Waals surface area contributed by atoms with E-state index in [1.165, 1.54) is 0 Å². The first-order valence-corrected chi connectivity index (χ1v) is 5.39. The predicted molar refractivity (Wildman–Crippen MR) is 66.1 cm³/mol. The van der Waals surface area contributed by atoms with Crippen LogP contribution in [0.5, 0.6) is 5.75 Å². The number of nitrogens with two attached hydrogens (primary N) is 1. The number of rotatable bonds is 3. The second-order valence-corrected chi connectivity index (χ2v) is 4.05. The van der Waals surface area contributed by atoms with Gasteiger partial charge in [0.1, 0.15) is 5.75 Å². The van der Waals surface area contributed by atoms with Crippen LogP contribution in [0.25, 0.3) is 11.3 Å². The zero-order valence-corrected chi connectivity index (χ0v) is 10.2. The molecule has 0 saturated heterocycles. The highest BCUT2D eigenvalue weighted by atomic mass is 79.9. The molecule has 0 bridgehead atoms. The average molecular weight is 283 g/mol. The second kappa shape index (κ2) is 4.54. The summed E-state index contributed by atoms with van der Waals surface area (Å²) >= 11 is 3.42. The lowest BCUT2D eigenvalue weighted by Crippen LogP contribution is -2.07. The molecular weight excluding hydrogens is 272 g/mol. The molecule has 6 heteroatoms. The minimum atomic E-state index is 0.511. The number of nitrogens with one attached hydrogen (secondary N) is 2. The molecule has 0 aliphatic rings. The number of anilines is 1. The Bertz CT molecular complexity index is 497. The third kappa shape index (κ3) is 2.02. The highest BCUT2D eigenvalue weighted by molar-refractivity contribution is 9.10. The molecule has 0 fully saturated rings. The van der Waals surface area contributed by atoms with Crippen LogP contribution in [-0.2, 0) is 0 Å². The number of aromatic amines is 1. The van der Waals surface area contributed by atoms with E-state index in [2.05, 4.69) is 31.3 Å². The van der Waals surface area contributed by atoms with Gasteiger partial charge < -0.3 is 9.72 Å². The summed E-state index contributed by atoms with van der Waals surface area (Å²) in [6, 6.07) is 5.75. The van der Waals surface area contributed by atoms with Crippen LogP contribution in [0.2, 0.25) is 0 Å². The van der Waals surface area contributed by atoms with Crippen LogP contribution in [0, 0.1) is 0 Å². The van der Waals surface area contributed by atoms with E-state index in [-0.39, 0.29) is 0 Å². The van der Waals surface area contributed by atoms with Gasteiger partial charge in [0.05, 0.1) is 19.0 Å². The Kier molecular flexibility index (Phi) is 3.12. The smallest absolute Gasteiger partial charge is 0.215 e. The molecular formula is C10H11BrN4O. The average Bonchev–Trinajstić information content (AvgIpc) is 2.77. The molecule has 0 amide bonds. The lowest BCUT2D eigenvalue weighted by Gasteiger charge is -2.06. The SMILES string of the molecule is COc1ccc(Br)cc1-c1cnc(NN)[nH]1. The number of imidazole rings is 1. The number of hydrogen-bond donors (Lipinski definition) is 3. The van der Waals surface area contributed by atoms with Crippen LogP contribution < -0.4 is 16.0 Å². The standard InChI is InChI=1S/C10H11BrN4O/c1-16-9-3-2-6(11)4-7(9)8-5-13-10(14-8)15-12/h2-5H,12H2,1H3,(H2,13,14,15). The Morgan fingerprint density at radius 2 is 2.31 bits per heavy atom. The van der Waals surface area contributed by atoms with E-state index in [0.717, 1.165) is 21.5 Å². The van der Waals surface area contributed by atoms with E-state index in [0.29, 0.717) is 5.95 Å². The molecule has 84 valence electrons. The maximum absolute atomic E-state index is 5.28. The molecule has 0 unspecified atom stereocenters. The minimum absolute atomic E-state index is 0.511. The third-order valence-electron chi connectivity index (χ3n) is 2.16. The molecule has 4 N–H and O–H groups in total. The van der Waals surface area contributed by atoms with Crippen molar-refractivity contribution in [2.75, 3.05) is 12.5 Å². The number of ether oxygens (including phenoxy) is 1. The Morgan fingerprint density at radius 1 is 1.50 bits per heavy atom. The van der Waals surface area contributed by atoms with Crippen LogP contribution >= 0.6 is 15.9 Å². The molecule has 2 rings (SSSR count). The van der Waals surface area contributed by atoms with Crippen molar-refractivity contribution in [2.45, 2.75) is 0 Å². The number of aromatic nitrogens is 2. The summed E-state index contributed by atoms with van der Waals surface area (Å²) in [7, 11) is 1.63. The molecule has 0 spiro atoms. The molecule has 1 aromatic heterocycles. The molecule has 2 aromatic rings. The zero-order valence-electron chi connectivity index (χ0n) is 8.62. The van der Waals surface area contributed by atoms with E-state index in [4.69, 9.17) is 10.6 Å².